The quantitative estimate of drug-likeness (QED) is 0.722. The van der Waals surface area contributed by atoms with Gasteiger partial charge in [-0.25, -0.2) is 8.42 Å². The zero-order valence-corrected chi connectivity index (χ0v) is 11.0. The van der Waals surface area contributed by atoms with Crippen LogP contribution in [0.25, 0.3) is 0 Å². The van der Waals surface area contributed by atoms with Crippen LogP contribution < -0.4 is 5.32 Å². The number of carboxylic acids is 1. The minimum Gasteiger partial charge on any atom is -0.480 e. The third-order valence-corrected chi connectivity index (χ3v) is 4.88. The van der Waals surface area contributed by atoms with Crippen molar-refractivity contribution < 1.29 is 18.3 Å². The molecule has 6 nitrogen and oxygen atoms in total. The number of carboxylic acid groups (broad SMARTS) is 1. The van der Waals surface area contributed by atoms with Crippen LogP contribution in [-0.4, -0.2) is 54.7 Å². The summed E-state index contributed by atoms with van der Waals surface area (Å²) in [6, 6.07) is -1.36. The molecular formula is C10H20N2O4S. The molecule has 1 rings (SSSR count). The van der Waals surface area contributed by atoms with Crippen LogP contribution >= 0.6 is 0 Å². The summed E-state index contributed by atoms with van der Waals surface area (Å²) >= 11 is 0. The molecular weight excluding hydrogens is 244 g/mol. The molecule has 0 bridgehead atoms. The Morgan fingerprint density at radius 3 is 2.71 bits per heavy atom. The van der Waals surface area contributed by atoms with Gasteiger partial charge in [0.1, 0.15) is 6.04 Å². The summed E-state index contributed by atoms with van der Waals surface area (Å²) < 4.78 is 25.2. The lowest BCUT2D eigenvalue weighted by Gasteiger charge is -2.36. The van der Waals surface area contributed by atoms with Crippen LogP contribution in [0.1, 0.15) is 26.7 Å². The fraction of sp³-hybridized carbons (Fsp3) is 0.900. The van der Waals surface area contributed by atoms with Gasteiger partial charge < -0.3 is 10.4 Å². The highest BCUT2D eigenvalue weighted by Gasteiger charge is 2.40. The molecule has 2 N–H and O–H groups in total. The van der Waals surface area contributed by atoms with E-state index in [2.05, 4.69) is 5.32 Å². The van der Waals surface area contributed by atoms with E-state index in [1.54, 1.807) is 6.92 Å². The minimum atomic E-state index is -3.46. The lowest BCUT2D eigenvalue weighted by Crippen LogP contribution is -2.61. The SMILES string of the molecule is CCCCS(=O)(=O)N1CCNC(C)C1C(=O)O. The second-order valence-corrected chi connectivity index (χ2v) is 6.35. The van der Waals surface area contributed by atoms with E-state index in [1.165, 1.54) is 0 Å². The summed E-state index contributed by atoms with van der Waals surface area (Å²) in [5.74, 6) is -1.07. The van der Waals surface area contributed by atoms with Crippen molar-refractivity contribution in [3.8, 4) is 0 Å². The molecule has 0 saturated carbocycles. The first-order valence-electron chi connectivity index (χ1n) is 5.86. The molecule has 1 aliphatic rings. The maximum absolute atomic E-state index is 12.0. The van der Waals surface area contributed by atoms with Crippen molar-refractivity contribution in [3.05, 3.63) is 0 Å². The molecule has 0 radical (unpaired) electrons. The maximum Gasteiger partial charge on any atom is 0.323 e. The van der Waals surface area contributed by atoms with E-state index in [1.807, 2.05) is 6.92 Å². The van der Waals surface area contributed by atoms with E-state index in [-0.39, 0.29) is 18.3 Å². The van der Waals surface area contributed by atoms with Gasteiger partial charge in [-0.1, -0.05) is 13.3 Å². The van der Waals surface area contributed by atoms with E-state index < -0.39 is 22.0 Å². The minimum absolute atomic E-state index is 0.0278. The molecule has 17 heavy (non-hydrogen) atoms. The highest BCUT2D eigenvalue weighted by Crippen LogP contribution is 2.16. The van der Waals surface area contributed by atoms with Crippen LogP contribution in [0.15, 0.2) is 0 Å². The normalized spacial score (nSPS) is 26.9. The summed E-state index contributed by atoms with van der Waals surface area (Å²) in [7, 11) is -3.46. The smallest absolute Gasteiger partial charge is 0.323 e. The molecule has 2 atom stereocenters. The molecule has 1 fully saturated rings. The van der Waals surface area contributed by atoms with Gasteiger partial charge in [0.25, 0.3) is 0 Å². The van der Waals surface area contributed by atoms with Gasteiger partial charge in [0.05, 0.1) is 5.75 Å². The highest BCUT2D eigenvalue weighted by atomic mass is 32.2. The average Bonchev–Trinajstić information content (AvgIpc) is 2.25. The first kappa shape index (κ1) is 14.4. The summed E-state index contributed by atoms with van der Waals surface area (Å²) in [5.41, 5.74) is 0. The Morgan fingerprint density at radius 1 is 1.53 bits per heavy atom. The Labute approximate surface area is 102 Å². The predicted molar refractivity (Wildman–Crippen MR) is 64.3 cm³/mol. The first-order chi connectivity index (χ1) is 7.90. The van der Waals surface area contributed by atoms with Crippen molar-refractivity contribution >= 4 is 16.0 Å². The zero-order chi connectivity index (χ0) is 13.1. The molecule has 7 heteroatoms. The van der Waals surface area contributed by atoms with Crippen LogP contribution in [-0.2, 0) is 14.8 Å². The zero-order valence-electron chi connectivity index (χ0n) is 10.2. The summed E-state index contributed by atoms with van der Waals surface area (Å²) in [6.07, 6.45) is 1.34. The lowest BCUT2D eigenvalue weighted by molar-refractivity contribution is -0.143. The lowest BCUT2D eigenvalue weighted by atomic mass is 10.1. The summed E-state index contributed by atoms with van der Waals surface area (Å²) in [4.78, 5) is 11.1. The Balaban J connectivity index is 2.89. The Hall–Kier alpha value is -0.660. The molecule has 0 aromatic carbocycles. The van der Waals surface area contributed by atoms with Gasteiger partial charge >= 0.3 is 5.97 Å². The van der Waals surface area contributed by atoms with Crippen molar-refractivity contribution in [2.24, 2.45) is 0 Å². The number of unbranched alkanes of at least 4 members (excludes halogenated alkanes) is 1. The van der Waals surface area contributed by atoms with Crippen molar-refractivity contribution in [1.29, 1.82) is 0 Å². The van der Waals surface area contributed by atoms with Crippen LogP contribution in [0.3, 0.4) is 0 Å². The fourth-order valence-electron chi connectivity index (χ4n) is 2.00. The van der Waals surface area contributed by atoms with E-state index >= 15 is 0 Å². The molecule has 0 amide bonds. The Bertz CT molecular complexity index is 369. The number of sulfonamides is 1. The van der Waals surface area contributed by atoms with Crippen molar-refractivity contribution in [3.63, 3.8) is 0 Å². The number of hydrogen-bond acceptors (Lipinski definition) is 4. The van der Waals surface area contributed by atoms with Gasteiger partial charge in [0.2, 0.25) is 10.0 Å². The predicted octanol–water partition coefficient (Wildman–Crippen LogP) is -0.137. The van der Waals surface area contributed by atoms with Gasteiger partial charge in [0.15, 0.2) is 0 Å². The maximum atomic E-state index is 12.0. The van der Waals surface area contributed by atoms with Crippen molar-refractivity contribution in [2.45, 2.75) is 38.8 Å². The summed E-state index contributed by atoms with van der Waals surface area (Å²) in [6.45, 7) is 4.33. The van der Waals surface area contributed by atoms with Crippen LogP contribution in [0.5, 0.6) is 0 Å². The second kappa shape index (κ2) is 5.79. The Kier molecular flexibility index (Phi) is 4.91. The van der Waals surface area contributed by atoms with Gasteiger partial charge in [-0.05, 0) is 13.3 Å². The molecule has 1 saturated heterocycles. The van der Waals surface area contributed by atoms with Gasteiger partial charge in [-0.3, -0.25) is 4.79 Å². The standard InChI is InChI=1S/C10H20N2O4S/c1-3-4-7-17(15,16)12-6-5-11-8(2)9(12)10(13)14/h8-9,11H,3-7H2,1-2H3,(H,13,14). The van der Waals surface area contributed by atoms with E-state index in [4.69, 9.17) is 5.11 Å². The third kappa shape index (κ3) is 3.40. The van der Waals surface area contributed by atoms with Gasteiger partial charge in [-0.2, -0.15) is 4.31 Å². The van der Waals surface area contributed by atoms with Gasteiger partial charge in [-0.15, -0.1) is 0 Å². The number of hydrogen-bond donors (Lipinski definition) is 2. The monoisotopic (exact) mass is 264 g/mol. The van der Waals surface area contributed by atoms with Gasteiger partial charge in [0, 0.05) is 19.1 Å². The van der Waals surface area contributed by atoms with E-state index in [0.717, 1.165) is 10.7 Å². The topological polar surface area (TPSA) is 86.7 Å². The van der Waals surface area contributed by atoms with Crippen LogP contribution in [0.4, 0.5) is 0 Å². The molecule has 2 unspecified atom stereocenters. The number of rotatable bonds is 5. The largest absolute Gasteiger partial charge is 0.480 e. The molecule has 1 heterocycles. The molecule has 0 aromatic rings. The number of piperazine rings is 1. The highest BCUT2D eigenvalue weighted by molar-refractivity contribution is 7.89. The number of aliphatic carboxylic acids is 1. The fourth-order valence-corrected chi connectivity index (χ4v) is 3.87. The van der Waals surface area contributed by atoms with Crippen LogP contribution in [0, 0.1) is 0 Å². The molecule has 0 aromatic heterocycles. The molecule has 0 spiro atoms. The van der Waals surface area contributed by atoms with E-state index in [0.29, 0.717) is 13.0 Å². The summed E-state index contributed by atoms with van der Waals surface area (Å²) in [5, 5.41) is 12.1. The number of nitrogens with zero attached hydrogens (tertiary/aromatic N) is 1. The second-order valence-electron chi connectivity index (χ2n) is 4.31. The molecule has 1 aliphatic heterocycles. The first-order valence-corrected chi connectivity index (χ1v) is 7.46. The average molecular weight is 264 g/mol. The Morgan fingerprint density at radius 2 is 2.18 bits per heavy atom. The van der Waals surface area contributed by atoms with Crippen molar-refractivity contribution in [2.75, 3.05) is 18.8 Å². The van der Waals surface area contributed by atoms with Crippen molar-refractivity contribution in [1.82, 2.24) is 9.62 Å². The number of carbonyl (C=O) groups is 1. The molecule has 100 valence electrons. The van der Waals surface area contributed by atoms with E-state index in [9.17, 15) is 13.2 Å². The molecule has 0 aliphatic carbocycles. The third-order valence-electron chi connectivity index (χ3n) is 2.95. The van der Waals surface area contributed by atoms with Crippen LogP contribution in [0.2, 0.25) is 0 Å². The number of nitrogens with one attached hydrogen (secondary N) is 1.